The number of hydrogen-bond acceptors (Lipinski definition) is 1. The second kappa shape index (κ2) is 4.23. The average Bonchev–Trinajstić information content (AvgIpc) is 2.03. The second-order valence-corrected chi connectivity index (χ2v) is 3.82. The molecule has 0 radical (unpaired) electrons. The second-order valence-electron chi connectivity index (χ2n) is 2.70. The van der Waals surface area contributed by atoms with Crippen LogP contribution in [0.1, 0.15) is 15.9 Å². The summed E-state index contributed by atoms with van der Waals surface area (Å²) >= 11 is 3.23. The van der Waals surface area contributed by atoms with Crippen LogP contribution >= 0.6 is 15.9 Å². The molecule has 0 aliphatic heterocycles. The topological polar surface area (TPSA) is 37.3 Å². The molecule has 0 heterocycles. The molecule has 1 rings (SSSR count). The molecule has 1 N–H and O–H groups in total. The predicted octanol–water partition coefficient (Wildman–Crippen LogP) is 2.84. The molecule has 0 aromatic heterocycles. The molecule has 0 saturated carbocycles. The molecular weight excluding hydrogens is 232 g/mol. The summed E-state index contributed by atoms with van der Waals surface area (Å²) < 4.78 is 0.843. The molecule has 0 fully saturated rings. The molecule has 0 amide bonds. The van der Waals surface area contributed by atoms with Crippen LogP contribution < -0.4 is 0 Å². The van der Waals surface area contributed by atoms with Crippen molar-refractivity contribution in [1.82, 2.24) is 0 Å². The van der Waals surface area contributed by atoms with Gasteiger partial charge < -0.3 is 5.11 Å². The van der Waals surface area contributed by atoms with Gasteiger partial charge in [-0.05, 0) is 22.2 Å². The van der Waals surface area contributed by atoms with Gasteiger partial charge in [-0.25, -0.2) is 4.79 Å². The van der Waals surface area contributed by atoms with E-state index in [1.165, 1.54) is 0 Å². The van der Waals surface area contributed by atoms with E-state index in [2.05, 4.69) is 22.5 Å². The summed E-state index contributed by atoms with van der Waals surface area (Å²) in [5, 5.41) is 8.71. The van der Waals surface area contributed by atoms with Gasteiger partial charge in [0.2, 0.25) is 0 Å². The van der Waals surface area contributed by atoms with Crippen molar-refractivity contribution in [2.75, 3.05) is 0 Å². The molecule has 2 nitrogen and oxygen atoms in total. The number of carboxylic acids is 1. The Kier molecular flexibility index (Phi) is 3.25. The summed E-state index contributed by atoms with van der Waals surface area (Å²) in [5.74, 6) is -0.901. The van der Waals surface area contributed by atoms with Crippen LogP contribution in [0.25, 0.3) is 0 Å². The minimum atomic E-state index is -0.901. The largest absolute Gasteiger partial charge is 0.478 e. The molecule has 1 aromatic carbocycles. The SMILES string of the molecule is C=C(Br)Cc1cccc(C(=O)O)c1. The predicted molar refractivity (Wildman–Crippen MR) is 55.2 cm³/mol. The van der Waals surface area contributed by atoms with Crippen LogP contribution in [0.2, 0.25) is 0 Å². The van der Waals surface area contributed by atoms with Crippen molar-refractivity contribution in [2.24, 2.45) is 0 Å². The third-order valence-electron chi connectivity index (χ3n) is 1.57. The van der Waals surface area contributed by atoms with E-state index in [1.807, 2.05) is 6.07 Å². The number of benzene rings is 1. The molecule has 0 bridgehead atoms. The fourth-order valence-corrected chi connectivity index (χ4v) is 1.36. The van der Waals surface area contributed by atoms with E-state index in [4.69, 9.17) is 5.11 Å². The Morgan fingerprint density at radius 2 is 2.23 bits per heavy atom. The van der Waals surface area contributed by atoms with Crippen LogP contribution in [0.3, 0.4) is 0 Å². The molecule has 1 aromatic rings. The first kappa shape index (κ1) is 9.99. The van der Waals surface area contributed by atoms with E-state index in [1.54, 1.807) is 18.2 Å². The van der Waals surface area contributed by atoms with Gasteiger partial charge in [0.05, 0.1) is 5.56 Å². The van der Waals surface area contributed by atoms with E-state index < -0.39 is 5.97 Å². The van der Waals surface area contributed by atoms with Gasteiger partial charge in [0, 0.05) is 6.42 Å². The van der Waals surface area contributed by atoms with Crippen molar-refractivity contribution in [3.05, 3.63) is 46.5 Å². The zero-order valence-corrected chi connectivity index (χ0v) is 8.54. The maximum Gasteiger partial charge on any atom is 0.335 e. The van der Waals surface area contributed by atoms with Crippen LogP contribution in [0.4, 0.5) is 0 Å². The standard InChI is InChI=1S/C10H9BrO2/c1-7(11)5-8-3-2-4-9(6-8)10(12)13/h2-4,6H,1,5H2,(H,12,13). The summed E-state index contributed by atoms with van der Waals surface area (Å²) in [6, 6.07) is 6.82. The van der Waals surface area contributed by atoms with Crippen molar-refractivity contribution in [1.29, 1.82) is 0 Å². The van der Waals surface area contributed by atoms with Crippen molar-refractivity contribution >= 4 is 21.9 Å². The summed E-state index contributed by atoms with van der Waals surface area (Å²) in [5.41, 5.74) is 1.26. The normalized spacial score (nSPS) is 9.62. The van der Waals surface area contributed by atoms with E-state index >= 15 is 0 Å². The Hall–Kier alpha value is -1.09. The van der Waals surface area contributed by atoms with Crippen LogP contribution in [0.15, 0.2) is 35.3 Å². The van der Waals surface area contributed by atoms with Gasteiger partial charge in [-0.15, -0.1) is 0 Å². The molecule has 13 heavy (non-hydrogen) atoms. The van der Waals surface area contributed by atoms with E-state index in [-0.39, 0.29) is 0 Å². The van der Waals surface area contributed by atoms with Gasteiger partial charge in [0.25, 0.3) is 0 Å². The van der Waals surface area contributed by atoms with Gasteiger partial charge >= 0.3 is 5.97 Å². The van der Waals surface area contributed by atoms with Gasteiger partial charge in [0.1, 0.15) is 0 Å². The smallest absolute Gasteiger partial charge is 0.335 e. The molecule has 0 saturated heterocycles. The van der Waals surface area contributed by atoms with Crippen LogP contribution in [-0.2, 0) is 6.42 Å². The number of halogens is 1. The van der Waals surface area contributed by atoms with Gasteiger partial charge in [-0.1, -0.05) is 34.6 Å². The maximum absolute atomic E-state index is 10.6. The van der Waals surface area contributed by atoms with Crippen molar-refractivity contribution in [3.63, 3.8) is 0 Å². The number of hydrogen-bond donors (Lipinski definition) is 1. The van der Waals surface area contributed by atoms with Gasteiger partial charge in [-0.2, -0.15) is 0 Å². The molecule has 3 heteroatoms. The zero-order valence-electron chi connectivity index (χ0n) is 6.96. The maximum atomic E-state index is 10.6. The summed E-state index contributed by atoms with van der Waals surface area (Å²) in [6.07, 6.45) is 0.654. The monoisotopic (exact) mass is 240 g/mol. The average molecular weight is 241 g/mol. The number of allylic oxidation sites excluding steroid dienone is 1. The molecular formula is C10H9BrO2. The molecule has 0 aliphatic carbocycles. The fourth-order valence-electron chi connectivity index (χ4n) is 1.04. The molecule has 0 aliphatic rings. The van der Waals surface area contributed by atoms with Crippen LogP contribution in [0.5, 0.6) is 0 Å². The number of rotatable bonds is 3. The number of aromatic carboxylic acids is 1. The summed E-state index contributed by atoms with van der Waals surface area (Å²) in [6.45, 7) is 3.69. The Morgan fingerprint density at radius 3 is 2.77 bits per heavy atom. The number of carboxylic acid groups (broad SMARTS) is 1. The molecule has 0 unspecified atom stereocenters. The summed E-state index contributed by atoms with van der Waals surface area (Å²) in [7, 11) is 0. The quantitative estimate of drug-likeness (QED) is 0.883. The zero-order chi connectivity index (χ0) is 9.84. The van der Waals surface area contributed by atoms with E-state index in [9.17, 15) is 4.79 Å². The van der Waals surface area contributed by atoms with Gasteiger partial charge in [-0.3, -0.25) is 0 Å². The van der Waals surface area contributed by atoms with Crippen LogP contribution in [-0.4, -0.2) is 11.1 Å². The molecule has 0 atom stereocenters. The van der Waals surface area contributed by atoms with E-state index in [0.717, 1.165) is 10.0 Å². The minimum absolute atomic E-state index is 0.311. The van der Waals surface area contributed by atoms with Crippen molar-refractivity contribution in [3.8, 4) is 0 Å². The lowest BCUT2D eigenvalue weighted by atomic mass is 10.1. The third kappa shape index (κ3) is 3.03. The highest BCUT2D eigenvalue weighted by molar-refractivity contribution is 9.11. The first-order valence-corrected chi connectivity index (χ1v) is 4.54. The minimum Gasteiger partial charge on any atom is -0.478 e. The first-order chi connectivity index (χ1) is 6.09. The van der Waals surface area contributed by atoms with E-state index in [0.29, 0.717) is 12.0 Å². The summed E-state index contributed by atoms with van der Waals surface area (Å²) in [4.78, 5) is 10.6. The highest BCUT2D eigenvalue weighted by Crippen LogP contribution is 2.13. The van der Waals surface area contributed by atoms with Crippen molar-refractivity contribution < 1.29 is 9.90 Å². The lowest BCUT2D eigenvalue weighted by Crippen LogP contribution is -1.97. The van der Waals surface area contributed by atoms with Gasteiger partial charge in [0.15, 0.2) is 0 Å². The highest BCUT2D eigenvalue weighted by Gasteiger charge is 2.02. The number of carbonyl (C=O) groups is 1. The highest BCUT2D eigenvalue weighted by atomic mass is 79.9. The third-order valence-corrected chi connectivity index (χ3v) is 1.85. The van der Waals surface area contributed by atoms with Crippen molar-refractivity contribution in [2.45, 2.75) is 6.42 Å². The lowest BCUT2D eigenvalue weighted by Gasteiger charge is -2.00. The fraction of sp³-hybridized carbons (Fsp3) is 0.100. The Bertz CT molecular complexity index is 345. The van der Waals surface area contributed by atoms with Crippen LogP contribution in [0, 0.1) is 0 Å². The first-order valence-electron chi connectivity index (χ1n) is 3.75. The molecule has 68 valence electrons. The Balaban J connectivity index is 2.91. The lowest BCUT2D eigenvalue weighted by molar-refractivity contribution is 0.0697. The Morgan fingerprint density at radius 1 is 1.54 bits per heavy atom. The Labute approximate surface area is 85.0 Å². The molecule has 0 spiro atoms.